The molecule has 1 saturated heterocycles. The number of Topliss-reactive ketones (excluding diaryl/α,β-unsaturated/α-hetero) is 2. The number of ketones is 2. The fourth-order valence-corrected chi connectivity index (χ4v) is 4.25. The summed E-state index contributed by atoms with van der Waals surface area (Å²) in [5.74, 6) is -1.48. The van der Waals surface area contributed by atoms with Crippen LogP contribution in [-0.2, 0) is 14.4 Å². The van der Waals surface area contributed by atoms with E-state index in [9.17, 15) is 19.2 Å². The number of amides is 2. The lowest BCUT2D eigenvalue weighted by molar-refractivity contribution is -0.136. The highest BCUT2D eigenvalue weighted by Crippen LogP contribution is 2.22. The Morgan fingerprint density at radius 1 is 1.36 bits per heavy atom. The molecule has 0 spiro atoms. The van der Waals surface area contributed by atoms with Crippen molar-refractivity contribution in [1.29, 1.82) is 0 Å². The van der Waals surface area contributed by atoms with Gasteiger partial charge in [-0.2, -0.15) is 0 Å². The molecule has 2 atom stereocenters. The van der Waals surface area contributed by atoms with Crippen LogP contribution in [-0.4, -0.2) is 53.8 Å². The van der Waals surface area contributed by atoms with Crippen molar-refractivity contribution >= 4 is 46.3 Å². The van der Waals surface area contributed by atoms with E-state index >= 15 is 0 Å². The maximum Gasteiger partial charge on any atom is 0.237 e. The van der Waals surface area contributed by atoms with Crippen LogP contribution in [0.25, 0.3) is 0 Å². The Hall–Kier alpha value is -1.73. The number of carbonyl (C=O) groups is 4. The summed E-state index contributed by atoms with van der Waals surface area (Å²) < 4.78 is 0. The standard InChI is InChI=1S/C20H27ClN2O4S/c1-13(2)8-15(9-16(24)18-4-3-7-28-18)17(25)12-23(19(26)10-21)11-14-5-6-22-20(14)27/h3-4,7,13-15H,5-6,8-12H2,1-2H3,(H,22,27)/t14-,15+/m0/s1. The first-order valence-corrected chi connectivity index (χ1v) is 10.9. The molecule has 6 nitrogen and oxygen atoms in total. The van der Waals surface area contributed by atoms with E-state index in [2.05, 4.69) is 5.32 Å². The van der Waals surface area contributed by atoms with Crippen molar-refractivity contribution in [2.45, 2.75) is 33.1 Å². The first kappa shape index (κ1) is 22.6. The average Bonchev–Trinajstić information content (AvgIpc) is 3.31. The number of nitrogens with one attached hydrogen (secondary N) is 1. The van der Waals surface area contributed by atoms with E-state index in [0.29, 0.717) is 24.3 Å². The maximum atomic E-state index is 13.0. The lowest BCUT2D eigenvalue weighted by Crippen LogP contribution is -2.43. The molecule has 8 heteroatoms. The Morgan fingerprint density at radius 2 is 2.11 bits per heavy atom. The highest BCUT2D eigenvalue weighted by molar-refractivity contribution is 7.12. The van der Waals surface area contributed by atoms with Crippen molar-refractivity contribution in [2.24, 2.45) is 17.8 Å². The average molecular weight is 427 g/mol. The van der Waals surface area contributed by atoms with Gasteiger partial charge in [0, 0.05) is 25.4 Å². The van der Waals surface area contributed by atoms with E-state index in [0.717, 1.165) is 0 Å². The quantitative estimate of drug-likeness (QED) is 0.435. The van der Waals surface area contributed by atoms with E-state index in [1.165, 1.54) is 16.2 Å². The zero-order valence-electron chi connectivity index (χ0n) is 16.3. The van der Waals surface area contributed by atoms with E-state index in [1.807, 2.05) is 25.3 Å². The van der Waals surface area contributed by atoms with Gasteiger partial charge in [0.25, 0.3) is 0 Å². The van der Waals surface area contributed by atoms with E-state index in [-0.39, 0.29) is 60.6 Å². The van der Waals surface area contributed by atoms with Gasteiger partial charge >= 0.3 is 0 Å². The summed E-state index contributed by atoms with van der Waals surface area (Å²) in [6.45, 7) is 4.63. The molecular formula is C20H27ClN2O4S. The number of hydrogen-bond acceptors (Lipinski definition) is 5. The van der Waals surface area contributed by atoms with Crippen molar-refractivity contribution in [3.05, 3.63) is 22.4 Å². The molecule has 154 valence electrons. The first-order valence-electron chi connectivity index (χ1n) is 9.52. The number of alkyl halides is 1. The number of nitrogens with zero attached hydrogens (tertiary/aromatic N) is 1. The van der Waals surface area contributed by atoms with Crippen molar-refractivity contribution in [3.8, 4) is 0 Å². The van der Waals surface area contributed by atoms with Gasteiger partial charge in [0.05, 0.1) is 17.3 Å². The zero-order valence-corrected chi connectivity index (χ0v) is 17.9. The number of hydrogen-bond donors (Lipinski definition) is 1. The maximum absolute atomic E-state index is 13.0. The molecule has 0 radical (unpaired) electrons. The van der Waals surface area contributed by atoms with Gasteiger partial charge in [-0.1, -0.05) is 19.9 Å². The second-order valence-corrected chi connectivity index (χ2v) is 8.80. The number of thiophene rings is 1. The molecule has 1 aromatic heterocycles. The second kappa shape index (κ2) is 10.7. The minimum absolute atomic E-state index is 0.0561. The molecule has 1 aliphatic heterocycles. The van der Waals surface area contributed by atoms with Crippen LogP contribution in [0.2, 0.25) is 0 Å². The summed E-state index contributed by atoms with van der Waals surface area (Å²) in [5.41, 5.74) is 0. The summed E-state index contributed by atoms with van der Waals surface area (Å²) in [5, 5.41) is 4.57. The van der Waals surface area contributed by atoms with E-state index in [1.54, 1.807) is 6.07 Å². The Kier molecular flexibility index (Phi) is 8.63. The highest BCUT2D eigenvalue weighted by atomic mass is 35.5. The molecule has 0 bridgehead atoms. The van der Waals surface area contributed by atoms with Gasteiger partial charge in [0.15, 0.2) is 11.6 Å². The van der Waals surface area contributed by atoms with Crippen LogP contribution >= 0.6 is 22.9 Å². The number of halogens is 1. The molecule has 0 aliphatic carbocycles. The van der Waals surface area contributed by atoms with Crippen LogP contribution in [0.4, 0.5) is 0 Å². The van der Waals surface area contributed by atoms with Gasteiger partial charge in [-0.05, 0) is 30.2 Å². The summed E-state index contributed by atoms with van der Waals surface area (Å²) in [7, 11) is 0. The molecule has 0 unspecified atom stereocenters. The van der Waals surface area contributed by atoms with Crippen LogP contribution < -0.4 is 5.32 Å². The van der Waals surface area contributed by atoms with Gasteiger partial charge in [0.2, 0.25) is 11.8 Å². The molecule has 0 aromatic carbocycles. The van der Waals surface area contributed by atoms with Crippen molar-refractivity contribution in [3.63, 3.8) is 0 Å². The molecular weight excluding hydrogens is 400 g/mol. The molecule has 2 amide bonds. The van der Waals surface area contributed by atoms with Crippen LogP contribution in [0.1, 0.15) is 42.8 Å². The summed E-state index contributed by atoms with van der Waals surface area (Å²) >= 11 is 7.07. The topological polar surface area (TPSA) is 83.6 Å². The fraction of sp³-hybridized carbons (Fsp3) is 0.600. The van der Waals surface area contributed by atoms with Gasteiger partial charge in [-0.15, -0.1) is 22.9 Å². The molecule has 1 N–H and O–H groups in total. The van der Waals surface area contributed by atoms with Crippen LogP contribution in [0, 0.1) is 17.8 Å². The second-order valence-electron chi connectivity index (χ2n) is 7.58. The molecule has 1 aliphatic rings. The summed E-state index contributed by atoms with van der Waals surface area (Å²) in [6, 6.07) is 3.57. The largest absolute Gasteiger partial charge is 0.356 e. The smallest absolute Gasteiger partial charge is 0.237 e. The zero-order chi connectivity index (χ0) is 20.7. The third kappa shape index (κ3) is 6.41. The van der Waals surface area contributed by atoms with Gasteiger partial charge < -0.3 is 10.2 Å². The summed E-state index contributed by atoms with van der Waals surface area (Å²) in [6.07, 6.45) is 1.33. The minimum atomic E-state index is -0.461. The van der Waals surface area contributed by atoms with Crippen molar-refractivity contribution < 1.29 is 19.2 Å². The predicted octanol–water partition coefficient (Wildman–Crippen LogP) is 2.76. The lowest BCUT2D eigenvalue weighted by atomic mass is 9.88. The monoisotopic (exact) mass is 426 g/mol. The van der Waals surface area contributed by atoms with Crippen molar-refractivity contribution in [1.82, 2.24) is 10.2 Å². The van der Waals surface area contributed by atoms with Crippen molar-refractivity contribution in [2.75, 3.05) is 25.5 Å². The third-order valence-corrected chi connectivity index (χ3v) is 6.00. The van der Waals surface area contributed by atoms with Crippen LogP contribution in [0.5, 0.6) is 0 Å². The normalized spacial score (nSPS) is 17.4. The fourth-order valence-electron chi connectivity index (χ4n) is 3.40. The Bertz CT molecular complexity index is 705. The predicted molar refractivity (Wildman–Crippen MR) is 110 cm³/mol. The Morgan fingerprint density at radius 3 is 2.64 bits per heavy atom. The molecule has 2 rings (SSSR count). The lowest BCUT2D eigenvalue weighted by Gasteiger charge is -2.26. The Balaban J connectivity index is 2.07. The molecule has 0 saturated carbocycles. The number of rotatable bonds is 11. The van der Waals surface area contributed by atoms with E-state index in [4.69, 9.17) is 11.6 Å². The summed E-state index contributed by atoms with van der Waals surface area (Å²) in [4.78, 5) is 51.6. The van der Waals surface area contributed by atoms with Crippen LogP contribution in [0.3, 0.4) is 0 Å². The SMILES string of the molecule is CC(C)C[C@H](CC(=O)c1cccs1)C(=O)CN(C[C@@H]1CCNC1=O)C(=O)CCl. The Labute approximate surface area is 174 Å². The molecule has 1 aromatic rings. The first-order chi connectivity index (χ1) is 13.3. The molecule has 2 heterocycles. The molecule has 28 heavy (non-hydrogen) atoms. The third-order valence-electron chi connectivity index (χ3n) is 4.86. The number of carbonyl (C=O) groups excluding carboxylic acids is 4. The van der Waals surface area contributed by atoms with Gasteiger partial charge in [-0.3, -0.25) is 19.2 Å². The van der Waals surface area contributed by atoms with Gasteiger partial charge in [0.1, 0.15) is 5.88 Å². The van der Waals surface area contributed by atoms with E-state index < -0.39 is 5.92 Å². The molecule has 1 fully saturated rings. The highest BCUT2D eigenvalue weighted by Gasteiger charge is 2.31. The minimum Gasteiger partial charge on any atom is -0.356 e. The van der Waals surface area contributed by atoms with Gasteiger partial charge in [-0.25, -0.2) is 0 Å². The van der Waals surface area contributed by atoms with Crippen LogP contribution in [0.15, 0.2) is 17.5 Å².